The molecule has 7 nitrogen and oxygen atoms in total. The zero-order chi connectivity index (χ0) is 16.9. The first-order valence-electron chi connectivity index (χ1n) is 6.77. The maximum absolute atomic E-state index is 12.5. The third-order valence-electron chi connectivity index (χ3n) is 3.18. The van der Waals surface area contributed by atoms with Gasteiger partial charge >= 0.3 is 12.1 Å². The summed E-state index contributed by atoms with van der Waals surface area (Å²) in [7, 11) is 2.46. The molecule has 1 rings (SSSR count). The number of hydrogen-bond acceptors (Lipinski definition) is 6. The van der Waals surface area contributed by atoms with Gasteiger partial charge in [0.2, 0.25) is 0 Å². The number of hydrogen-bond donors (Lipinski definition) is 1. The Morgan fingerprint density at radius 3 is 2.18 bits per heavy atom. The highest BCUT2D eigenvalue weighted by Gasteiger charge is 2.28. The van der Waals surface area contributed by atoms with E-state index < -0.39 is 12.1 Å². The summed E-state index contributed by atoms with van der Waals surface area (Å²) >= 11 is 1.04. The van der Waals surface area contributed by atoms with E-state index in [0.717, 1.165) is 11.3 Å². The second kappa shape index (κ2) is 7.79. The summed E-state index contributed by atoms with van der Waals surface area (Å²) in [6, 6.07) is 0. The standard InChI is InChI=1S/C14H20N2O5S/c1-6-16(7-2)12(17)10-8(3)9(13(18)20-4)11(22-10)15-14(19)21-5/h6-7H2,1-5H3,(H,15,19). The number of nitrogens with one attached hydrogen (secondary N) is 1. The Kier molecular flexibility index (Phi) is 6.36. The highest BCUT2D eigenvalue weighted by molar-refractivity contribution is 7.18. The molecule has 0 bridgehead atoms. The highest BCUT2D eigenvalue weighted by Crippen LogP contribution is 2.34. The summed E-state index contributed by atoms with van der Waals surface area (Å²) in [4.78, 5) is 37.9. The third-order valence-corrected chi connectivity index (χ3v) is 4.38. The molecular weight excluding hydrogens is 308 g/mol. The molecule has 1 aromatic heterocycles. The van der Waals surface area contributed by atoms with Crippen LogP contribution >= 0.6 is 11.3 Å². The van der Waals surface area contributed by atoms with Crippen LogP contribution in [0.4, 0.5) is 9.80 Å². The Bertz CT molecular complexity index is 578. The van der Waals surface area contributed by atoms with Crippen LogP contribution in [0.15, 0.2) is 0 Å². The second-order valence-corrected chi connectivity index (χ2v) is 5.37. The van der Waals surface area contributed by atoms with Gasteiger partial charge in [0.1, 0.15) is 5.00 Å². The Balaban J connectivity index is 3.34. The maximum Gasteiger partial charge on any atom is 0.411 e. The van der Waals surface area contributed by atoms with Gasteiger partial charge in [-0.15, -0.1) is 11.3 Å². The van der Waals surface area contributed by atoms with Crippen molar-refractivity contribution in [1.29, 1.82) is 0 Å². The average Bonchev–Trinajstić information content (AvgIpc) is 2.83. The molecule has 0 aromatic carbocycles. The predicted octanol–water partition coefficient (Wildman–Crippen LogP) is 2.50. The van der Waals surface area contributed by atoms with Gasteiger partial charge in [-0.25, -0.2) is 9.59 Å². The van der Waals surface area contributed by atoms with Crippen molar-refractivity contribution in [3.8, 4) is 0 Å². The molecule has 1 heterocycles. The van der Waals surface area contributed by atoms with Crippen LogP contribution in [0.3, 0.4) is 0 Å². The molecular formula is C14H20N2O5S. The van der Waals surface area contributed by atoms with Gasteiger partial charge in [0, 0.05) is 13.1 Å². The number of rotatable bonds is 5. The van der Waals surface area contributed by atoms with Crippen LogP contribution in [0.2, 0.25) is 0 Å². The van der Waals surface area contributed by atoms with Gasteiger partial charge in [-0.05, 0) is 26.3 Å². The Labute approximate surface area is 133 Å². The number of methoxy groups -OCH3 is 2. The first-order valence-corrected chi connectivity index (χ1v) is 7.58. The zero-order valence-corrected chi connectivity index (χ0v) is 14.1. The molecule has 122 valence electrons. The van der Waals surface area contributed by atoms with E-state index in [9.17, 15) is 14.4 Å². The number of carbonyl (C=O) groups is 3. The molecule has 0 saturated heterocycles. The van der Waals surface area contributed by atoms with Crippen molar-refractivity contribution >= 4 is 34.3 Å². The number of nitrogens with zero attached hydrogens (tertiary/aromatic N) is 1. The number of amides is 2. The quantitative estimate of drug-likeness (QED) is 0.840. The van der Waals surface area contributed by atoms with Gasteiger partial charge in [-0.2, -0.15) is 0 Å². The first kappa shape index (κ1) is 18.0. The van der Waals surface area contributed by atoms with Crippen molar-refractivity contribution in [2.75, 3.05) is 32.6 Å². The van der Waals surface area contributed by atoms with Gasteiger partial charge in [0.25, 0.3) is 5.91 Å². The van der Waals surface area contributed by atoms with Crippen LogP contribution in [0.5, 0.6) is 0 Å². The molecule has 1 aromatic rings. The first-order chi connectivity index (χ1) is 10.4. The van der Waals surface area contributed by atoms with Crippen molar-refractivity contribution in [3.05, 3.63) is 16.0 Å². The van der Waals surface area contributed by atoms with Crippen molar-refractivity contribution in [1.82, 2.24) is 4.90 Å². The highest BCUT2D eigenvalue weighted by atomic mass is 32.1. The van der Waals surface area contributed by atoms with Gasteiger partial charge in [-0.3, -0.25) is 10.1 Å². The molecule has 0 aliphatic heterocycles. The van der Waals surface area contributed by atoms with Crippen LogP contribution in [-0.2, 0) is 9.47 Å². The van der Waals surface area contributed by atoms with Crippen molar-refractivity contribution < 1.29 is 23.9 Å². The molecule has 1 N–H and O–H groups in total. The fraction of sp³-hybridized carbons (Fsp3) is 0.500. The Morgan fingerprint density at radius 1 is 1.14 bits per heavy atom. The molecule has 0 spiro atoms. The van der Waals surface area contributed by atoms with Gasteiger partial charge < -0.3 is 14.4 Å². The SMILES string of the molecule is CCN(CC)C(=O)c1sc(NC(=O)OC)c(C(=O)OC)c1C. The largest absolute Gasteiger partial charge is 0.465 e. The van der Waals surface area contributed by atoms with E-state index in [1.165, 1.54) is 14.2 Å². The summed E-state index contributed by atoms with van der Waals surface area (Å²) in [6.45, 7) is 6.51. The lowest BCUT2D eigenvalue weighted by Gasteiger charge is -2.17. The third kappa shape index (κ3) is 3.56. The Hall–Kier alpha value is -2.09. The van der Waals surface area contributed by atoms with E-state index in [1.54, 1.807) is 11.8 Å². The van der Waals surface area contributed by atoms with Gasteiger partial charge in [0.05, 0.1) is 24.7 Å². The fourth-order valence-corrected chi connectivity index (χ4v) is 3.10. The van der Waals surface area contributed by atoms with Crippen LogP contribution in [0.1, 0.15) is 39.4 Å². The molecule has 8 heteroatoms. The van der Waals surface area contributed by atoms with Crippen LogP contribution in [0.25, 0.3) is 0 Å². The van der Waals surface area contributed by atoms with E-state index in [1.807, 2.05) is 13.8 Å². The number of thiophene rings is 1. The summed E-state index contributed by atoms with van der Waals surface area (Å²) in [5.74, 6) is -0.797. The lowest BCUT2D eigenvalue weighted by atomic mass is 10.1. The van der Waals surface area contributed by atoms with Crippen molar-refractivity contribution in [2.45, 2.75) is 20.8 Å². The zero-order valence-electron chi connectivity index (χ0n) is 13.3. The van der Waals surface area contributed by atoms with E-state index in [2.05, 4.69) is 10.1 Å². The smallest absolute Gasteiger partial charge is 0.411 e. The van der Waals surface area contributed by atoms with Gasteiger partial charge in [-0.1, -0.05) is 0 Å². The lowest BCUT2D eigenvalue weighted by Crippen LogP contribution is -2.30. The van der Waals surface area contributed by atoms with E-state index in [4.69, 9.17) is 4.74 Å². The summed E-state index contributed by atoms with van der Waals surface area (Å²) in [6.07, 6.45) is -0.715. The molecule has 0 fully saturated rings. The molecule has 22 heavy (non-hydrogen) atoms. The molecule has 0 aliphatic carbocycles. The van der Waals surface area contributed by atoms with E-state index >= 15 is 0 Å². The van der Waals surface area contributed by atoms with Crippen molar-refractivity contribution in [2.24, 2.45) is 0 Å². The monoisotopic (exact) mass is 328 g/mol. The minimum Gasteiger partial charge on any atom is -0.465 e. The summed E-state index contributed by atoms with van der Waals surface area (Å²) in [5.41, 5.74) is 0.661. The van der Waals surface area contributed by atoms with Crippen LogP contribution < -0.4 is 5.32 Å². The maximum atomic E-state index is 12.5. The molecule has 0 radical (unpaired) electrons. The molecule has 0 atom stereocenters. The summed E-state index contributed by atoms with van der Waals surface area (Å²) < 4.78 is 9.26. The van der Waals surface area contributed by atoms with E-state index in [-0.39, 0.29) is 16.5 Å². The number of esters is 1. The fourth-order valence-electron chi connectivity index (χ4n) is 1.95. The molecule has 0 saturated carbocycles. The number of ether oxygens (including phenoxy) is 2. The molecule has 2 amide bonds. The number of carbonyl (C=O) groups excluding carboxylic acids is 3. The minimum atomic E-state index is -0.715. The Morgan fingerprint density at radius 2 is 1.73 bits per heavy atom. The minimum absolute atomic E-state index is 0.174. The summed E-state index contributed by atoms with van der Waals surface area (Å²) in [5, 5.41) is 2.69. The predicted molar refractivity (Wildman–Crippen MR) is 83.7 cm³/mol. The van der Waals surface area contributed by atoms with Gasteiger partial charge in [0.15, 0.2) is 0 Å². The topological polar surface area (TPSA) is 84.9 Å². The number of anilines is 1. The molecule has 0 unspecified atom stereocenters. The average molecular weight is 328 g/mol. The second-order valence-electron chi connectivity index (χ2n) is 4.35. The lowest BCUT2D eigenvalue weighted by molar-refractivity contribution is 0.0601. The van der Waals surface area contributed by atoms with Crippen LogP contribution in [0, 0.1) is 6.92 Å². The normalized spacial score (nSPS) is 10.0. The molecule has 0 aliphatic rings. The van der Waals surface area contributed by atoms with E-state index in [0.29, 0.717) is 23.5 Å². The van der Waals surface area contributed by atoms with Crippen molar-refractivity contribution in [3.63, 3.8) is 0 Å². The van der Waals surface area contributed by atoms with Crippen LogP contribution in [-0.4, -0.2) is 50.2 Å².